The molecule has 0 aliphatic rings. The maximum atomic E-state index is 12.1. The van der Waals surface area contributed by atoms with Gasteiger partial charge in [-0.15, -0.1) is 0 Å². The molecule has 2 N–H and O–H groups in total. The molecule has 2 rings (SSSR count). The molecule has 6 heteroatoms. The standard InChI is InChI=1S/C14H15ClN2O3/c1-7-4-11(9(3)20-7)8(2)17-13(18)10-5-12(15)14(19)16-6-10/h4-6,8H,1-3H3,(H,16,19)(H,17,18)/t8-/m0/s1. The Kier molecular flexibility index (Phi) is 3.99. The number of hydrogen-bond donors (Lipinski definition) is 2. The SMILES string of the molecule is Cc1cc([C@H](C)NC(=O)c2c[nH]c(=O)c(Cl)c2)c(C)o1. The number of pyridine rings is 1. The van der Waals surface area contributed by atoms with Crippen LogP contribution < -0.4 is 10.9 Å². The van der Waals surface area contributed by atoms with Gasteiger partial charge in [0.05, 0.1) is 11.6 Å². The van der Waals surface area contributed by atoms with Crippen LogP contribution in [0.2, 0.25) is 5.02 Å². The molecule has 5 nitrogen and oxygen atoms in total. The number of halogens is 1. The van der Waals surface area contributed by atoms with Crippen LogP contribution in [0.1, 0.15) is 40.4 Å². The average molecular weight is 295 g/mol. The Morgan fingerprint density at radius 3 is 2.65 bits per heavy atom. The predicted molar refractivity (Wildman–Crippen MR) is 76.1 cm³/mol. The Morgan fingerprint density at radius 2 is 2.10 bits per heavy atom. The molecule has 0 aromatic carbocycles. The largest absolute Gasteiger partial charge is 0.466 e. The van der Waals surface area contributed by atoms with Crippen LogP contribution in [0, 0.1) is 13.8 Å². The van der Waals surface area contributed by atoms with E-state index in [0.29, 0.717) is 5.56 Å². The first-order valence-electron chi connectivity index (χ1n) is 6.14. The van der Waals surface area contributed by atoms with Gasteiger partial charge in [-0.2, -0.15) is 0 Å². The van der Waals surface area contributed by atoms with Crippen molar-refractivity contribution in [3.8, 4) is 0 Å². The van der Waals surface area contributed by atoms with E-state index in [1.807, 2.05) is 26.8 Å². The molecule has 0 saturated heterocycles. The third-order valence-corrected chi connectivity index (χ3v) is 3.29. The lowest BCUT2D eigenvalue weighted by Crippen LogP contribution is -2.27. The minimum absolute atomic E-state index is 0.0133. The van der Waals surface area contributed by atoms with Gasteiger partial charge in [0.15, 0.2) is 0 Å². The van der Waals surface area contributed by atoms with Crippen LogP contribution in [0.25, 0.3) is 0 Å². The minimum atomic E-state index is -0.419. The van der Waals surface area contributed by atoms with Crippen molar-refractivity contribution in [3.63, 3.8) is 0 Å². The second-order valence-electron chi connectivity index (χ2n) is 4.63. The van der Waals surface area contributed by atoms with Gasteiger partial charge in [-0.3, -0.25) is 9.59 Å². The summed E-state index contributed by atoms with van der Waals surface area (Å²) in [6.07, 6.45) is 1.34. The van der Waals surface area contributed by atoms with E-state index in [4.69, 9.17) is 16.0 Å². The highest BCUT2D eigenvalue weighted by atomic mass is 35.5. The van der Waals surface area contributed by atoms with Gasteiger partial charge in [0.2, 0.25) is 0 Å². The summed E-state index contributed by atoms with van der Waals surface area (Å²) in [4.78, 5) is 25.7. The number of rotatable bonds is 3. The molecule has 2 aromatic rings. The predicted octanol–water partition coefficient (Wildman–Crippen LogP) is 2.73. The Labute approximate surface area is 121 Å². The van der Waals surface area contributed by atoms with E-state index in [1.54, 1.807) is 0 Å². The van der Waals surface area contributed by atoms with Crippen LogP contribution in [0.5, 0.6) is 0 Å². The van der Waals surface area contributed by atoms with E-state index in [1.165, 1.54) is 12.3 Å². The van der Waals surface area contributed by atoms with Crippen molar-refractivity contribution in [3.05, 3.63) is 56.4 Å². The first-order chi connectivity index (χ1) is 9.38. The molecular formula is C14H15ClN2O3. The topological polar surface area (TPSA) is 75.1 Å². The van der Waals surface area contributed by atoms with E-state index >= 15 is 0 Å². The van der Waals surface area contributed by atoms with Crippen molar-refractivity contribution >= 4 is 17.5 Å². The first kappa shape index (κ1) is 14.4. The summed E-state index contributed by atoms with van der Waals surface area (Å²) in [5.41, 5.74) is 0.809. The van der Waals surface area contributed by atoms with Crippen molar-refractivity contribution in [2.24, 2.45) is 0 Å². The lowest BCUT2D eigenvalue weighted by atomic mass is 10.1. The summed E-state index contributed by atoms with van der Waals surface area (Å²) in [5.74, 6) is 1.26. The third-order valence-electron chi connectivity index (χ3n) is 3.01. The van der Waals surface area contributed by atoms with Crippen LogP contribution in [0.3, 0.4) is 0 Å². The zero-order chi connectivity index (χ0) is 14.9. The normalized spacial score (nSPS) is 12.2. The van der Waals surface area contributed by atoms with Crippen LogP contribution >= 0.6 is 11.6 Å². The fraction of sp³-hybridized carbons (Fsp3) is 0.286. The number of amides is 1. The highest BCUT2D eigenvalue weighted by Gasteiger charge is 2.16. The van der Waals surface area contributed by atoms with Gasteiger partial charge in [-0.1, -0.05) is 11.6 Å². The van der Waals surface area contributed by atoms with Gasteiger partial charge in [0.25, 0.3) is 11.5 Å². The molecule has 106 valence electrons. The molecule has 2 aromatic heterocycles. The highest BCUT2D eigenvalue weighted by Crippen LogP contribution is 2.21. The molecule has 0 radical (unpaired) electrons. The van der Waals surface area contributed by atoms with Crippen molar-refractivity contribution in [2.45, 2.75) is 26.8 Å². The van der Waals surface area contributed by atoms with Crippen LogP contribution in [-0.2, 0) is 0 Å². The smallest absolute Gasteiger partial charge is 0.266 e. The number of nitrogens with one attached hydrogen (secondary N) is 2. The number of furan rings is 1. The molecule has 0 fully saturated rings. The summed E-state index contributed by atoms with van der Waals surface area (Å²) in [6.45, 7) is 5.57. The number of aromatic amines is 1. The molecule has 0 bridgehead atoms. The van der Waals surface area contributed by atoms with E-state index in [2.05, 4.69) is 10.3 Å². The molecule has 0 unspecified atom stereocenters. The Balaban J connectivity index is 2.17. The molecular weight excluding hydrogens is 280 g/mol. The van der Waals surface area contributed by atoms with E-state index < -0.39 is 5.56 Å². The molecule has 0 saturated carbocycles. The first-order valence-corrected chi connectivity index (χ1v) is 6.52. The lowest BCUT2D eigenvalue weighted by molar-refractivity contribution is 0.0939. The highest BCUT2D eigenvalue weighted by molar-refractivity contribution is 6.30. The Bertz CT molecular complexity index is 703. The number of carbonyl (C=O) groups excluding carboxylic acids is 1. The fourth-order valence-electron chi connectivity index (χ4n) is 2.03. The van der Waals surface area contributed by atoms with Gasteiger partial charge in [-0.05, 0) is 32.9 Å². The van der Waals surface area contributed by atoms with Crippen molar-refractivity contribution in [2.75, 3.05) is 0 Å². The maximum Gasteiger partial charge on any atom is 0.266 e. The van der Waals surface area contributed by atoms with Gasteiger partial charge >= 0.3 is 0 Å². The Morgan fingerprint density at radius 1 is 1.40 bits per heavy atom. The van der Waals surface area contributed by atoms with Crippen molar-refractivity contribution in [1.29, 1.82) is 0 Å². The van der Waals surface area contributed by atoms with Crippen molar-refractivity contribution in [1.82, 2.24) is 10.3 Å². The maximum absolute atomic E-state index is 12.1. The summed E-state index contributed by atoms with van der Waals surface area (Å²) >= 11 is 5.70. The van der Waals surface area contributed by atoms with Gasteiger partial charge < -0.3 is 14.7 Å². The zero-order valence-electron chi connectivity index (χ0n) is 11.4. The van der Waals surface area contributed by atoms with Gasteiger partial charge in [-0.25, -0.2) is 0 Å². The average Bonchev–Trinajstić information content (AvgIpc) is 2.71. The van der Waals surface area contributed by atoms with Gasteiger partial charge in [0, 0.05) is 11.8 Å². The lowest BCUT2D eigenvalue weighted by Gasteiger charge is -2.13. The van der Waals surface area contributed by atoms with E-state index in [-0.39, 0.29) is 17.0 Å². The number of aryl methyl sites for hydroxylation is 2. The summed E-state index contributed by atoms with van der Waals surface area (Å²) in [5, 5.41) is 2.82. The second-order valence-corrected chi connectivity index (χ2v) is 5.04. The van der Waals surface area contributed by atoms with Crippen LogP contribution in [-0.4, -0.2) is 10.9 Å². The van der Waals surface area contributed by atoms with Crippen LogP contribution in [0.4, 0.5) is 0 Å². The monoisotopic (exact) mass is 294 g/mol. The van der Waals surface area contributed by atoms with Gasteiger partial charge in [0.1, 0.15) is 16.5 Å². The molecule has 2 heterocycles. The van der Waals surface area contributed by atoms with Crippen LogP contribution in [0.15, 0.2) is 27.5 Å². The fourth-order valence-corrected chi connectivity index (χ4v) is 2.20. The zero-order valence-corrected chi connectivity index (χ0v) is 12.2. The molecule has 0 aliphatic carbocycles. The Hall–Kier alpha value is -2.01. The number of carbonyl (C=O) groups is 1. The molecule has 0 spiro atoms. The molecule has 1 amide bonds. The second kappa shape index (κ2) is 5.54. The van der Waals surface area contributed by atoms with E-state index in [0.717, 1.165) is 17.1 Å². The summed E-state index contributed by atoms with van der Waals surface area (Å²) in [6, 6.07) is 3.03. The molecule has 0 aliphatic heterocycles. The number of H-pyrrole nitrogens is 1. The summed E-state index contributed by atoms with van der Waals surface area (Å²) in [7, 11) is 0. The van der Waals surface area contributed by atoms with E-state index in [9.17, 15) is 9.59 Å². The molecule has 1 atom stereocenters. The number of hydrogen-bond acceptors (Lipinski definition) is 3. The van der Waals surface area contributed by atoms with Crippen molar-refractivity contribution < 1.29 is 9.21 Å². The minimum Gasteiger partial charge on any atom is -0.466 e. The summed E-state index contributed by atoms with van der Waals surface area (Å²) < 4.78 is 5.44. The molecule has 20 heavy (non-hydrogen) atoms. The quantitative estimate of drug-likeness (QED) is 0.914. The third kappa shape index (κ3) is 2.93. The number of aromatic nitrogens is 1.